The number of benzene rings is 3. The SMILES string of the molecule is COc1cc2c(cc1OC)CN(Cc1ccccc1COc1ccc3c(C)c(C)c(=O)oc3c1)CC2. The molecule has 0 aliphatic carbocycles. The van der Waals surface area contributed by atoms with Crippen LogP contribution in [0.15, 0.2) is 63.8 Å². The smallest absolute Gasteiger partial charge is 0.339 e. The first kappa shape index (κ1) is 23.9. The second-order valence-electron chi connectivity index (χ2n) is 9.29. The van der Waals surface area contributed by atoms with Crippen LogP contribution in [0.3, 0.4) is 0 Å². The molecule has 0 amide bonds. The summed E-state index contributed by atoms with van der Waals surface area (Å²) < 4.78 is 22.6. The van der Waals surface area contributed by atoms with Crippen molar-refractivity contribution < 1.29 is 18.6 Å². The second kappa shape index (κ2) is 10.1. The highest BCUT2D eigenvalue weighted by Gasteiger charge is 2.20. The summed E-state index contributed by atoms with van der Waals surface area (Å²) in [5.74, 6) is 2.23. The molecule has 0 unspecified atom stereocenters. The van der Waals surface area contributed by atoms with Crippen LogP contribution in [-0.2, 0) is 26.1 Å². The average molecular weight is 486 g/mol. The molecule has 0 fully saturated rings. The Morgan fingerprint density at radius 2 is 1.61 bits per heavy atom. The Balaban J connectivity index is 1.31. The molecule has 1 aromatic heterocycles. The van der Waals surface area contributed by atoms with Gasteiger partial charge in [-0.2, -0.15) is 0 Å². The van der Waals surface area contributed by atoms with E-state index in [4.69, 9.17) is 18.6 Å². The topological polar surface area (TPSA) is 61.1 Å². The van der Waals surface area contributed by atoms with Crippen LogP contribution < -0.4 is 19.8 Å². The van der Waals surface area contributed by atoms with Gasteiger partial charge in [0.2, 0.25) is 0 Å². The minimum absolute atomic E-state index is 0.304. The van der Waals surface area contributed by atoms with Gasteiger partial charge in [-0.15, -0.1) is 0 Å². The van der Waals surface area contributed by atoms with Crippen LogP contribution in [0.4, 0.5) is 0 Å². The van der Waals surface area contributed by atoms with Gasteiger partial charge in [0.1, 0.15) is 17.9 Å². The van der Waals surface area contributed by atoms with Crippen LogP contribution in [0.5, 0.6) is 17.2 Å². The van der Waals surface area contributed by atoms with Crippen molar-refractivity contribution >= 4 is 11.0 Å². The molecule has 0 atom stereocenters. The number of hydrogen-bond donors (Lipinski definition) is 0. The Kier molecular flexibility index (Phi) is 6.70. The molecule has 1 aliphatic rings. The van der Waals surface area contributed by atoms with E-state index < -0.39 is 0 Å². The van der Waals surface area contributed by atoms with Crippen LogP contribution in [0.25, 0.3) is 11.0 Å². The van der Waals surface area contributed by atoms with E-state index in [1.807, 2.05) is 25.1 Å². The molecule has 0 bridgehead atoms. The van der Waals surface area contributed by atoms with Gasteiger partial charge in [0.25, 0.3) is 0 Å². The first-order valence-electron chi connectivity index (χ1n) is 12.2. The van der Waals surface area contributed by atoms with Crippen LogP contribution >= 0.6 is 0 Å². The van der Waals surface area contributed by atoms with E-state index in [1.54, 1.807) is 27.2 Å². The predicted molar refractivity (Wildman–Crippen MR) is 140 cm³/mol. The van der Waals surface area contributed by atoms with Gasteiger partial charge in [-0.05, 0) is 72.4 Å². The standard InChI is InChI=1S/C30H31NO5/c1-19-20(2)30(32)36-27-15-25(9-10-26(19)27)35-18-23-8-6-5-7-22(23)16-31-12-11-21-13-28(33-3)29(34-4)14-24(21)17-31/h5-10,13-15H,11-12,16-18H2,1-4H3. The monoisotopic (exact) mass is 485 g/mol. The molecular formula is C30H31NO5. The van der Waals surface area contributed by atoms with Gasteiger partial charge in [-0.25, -0.2) is 4.79 Å². The number of fused-ring (bicyclic) bond motifs is 2. The van der Waals surface area contributed by atoms with Crippen molar-refractivity contribution in [2.75, 3.05) is 20.8 Å². The first-order chi connectivity index (χ1) is 17.5. The Hall–Kier alpha value is -3.77. The van der Waals surface area contributed by atoms with E-state index >= 15 is 0 Å². The summed E-state index contributed by atoms with van der Waals surface area (Å²) in [5, 5.41) is 0.930. The number of rotatable bonds is 7. The first-order valence-corrected chi connectivity index (χ1v) is 12.2. The summed E-state index contributed by atoms with van der Waals surface area (Å²) >= 11 is 0. The zero-order chi connectivity index (χ0) is 25.2. The molecule has 0 N–H and O–H groups in total. The van der Waals surface area contributed by atoms with E-state index in [0.29, 0.717) is 23.5 Å². The fourth-order valence-electron chi connectivity index (χ4n) is 4.85. The molecule has 186 valence electrons. The van der Waals surface area contributed by atoms with Crippen molar-refractivity contribution in [1.82, 2.24) is 4.90 Å². The van der Waals surface area contributed by atoms with Gasteiger partial charge in [0, 0.05) is 36.7 Å². The van der Waals surface area contributed by atoms with Crippen LogP contribution in [0.1, 0.15) is 33.4 Å². The van der Waals surface area contributed by atoms with Crippen LogP contribution in [-0.4, -0.2) is 25.7 Å². The predicted octanol–water partition coefficient (Wildman–Crippen LogP) is 5.56. The summed E-state index contributed by atoms with van der Waals surface area (Å²) in [6.45, 7) is 6.82. The number of hydrogen-bond acceptors (Lipinski definition) is 6. The van der Waals surface area contributed by atoms with E-state index in [-0.39, 0.29) is 5.63 Å². The third-order valence-corrected chi connectivity index (χ3v) is 7.13. The average Bonchev–Trinajstić information content (AvgIpc) is 2.90. The van der Waals surface area contributed by atoms with Crippen molar-refractivity contribution in [3.8, 4) is 17.2 Å². The Labute approximate surface area is 211 Å². The second-order valence-corrected chi connectivity index (χ2v) is 9.29. The fraction of sp³-hybridized carbons (Fsp3) is 0.300. The lowest BCUT2D eigenvalue weighted by Crippen LogP contribution is -2.30. The van der Waals surface area contributed by atoms with E-state index in [9.17, 15) is 4.79 Å². The molecule has 0 spiro atoms. The Morgan fingerprint density at radius 1 is 0.889 bits per heavy atom. The van der Waals surface area contributed by atoms with E-state index in [1.165, 1.54) is 16.7 Å². The fourth-order valence-corrected chi connectivity index (χ4v) is 4.85. The molecule has 1 aliphatic heterocycles. The summed E-state index contributed by atoms with van der Waals surface area (Å²) in [6, 6.07) is 18.3. The molecule has 0 saturated carbocycles. The minimum atomic E-state index is -0.304. The summed E-state index contributed by atoms with van der Waals surface area (Å²) in [5.41, 5.74) is 6.79. The highest BCUT2D eigenvalue weighted by atomic mass is 16.5. The lowest BCUT2D eigenvalue weighted by atomic mass is 9.98. The maximum Gasteiger partial charge on any atom is 0.339 e. The molecule has 4 aromatic rings. The minimum Gasteiger partial charge on any atom is -0.493 e. The largest absolute Gasteiger partial charge is 0.493 e. The van der Waals surface area contributed by atoms with Gasteiger partial charge < -0.3 is 18.6 Å². The van der Waals surface area contributed by atoms with Gasteiger partial charge in [0.15, 0.2) is 11.5 Å². The molecule has 3 aromatic carbocycles. The summed E-state index contributed by atoms with van der Waals surface area (Å²) in [6.07, 6.45) is 0.968. The maximum absolute atomic E-state index is 12.1. The third kappa shape index (κ3) is 4.69. The van der Waals surface area contributed by atoms with Crippen LogP contribution in [0, 0.1) is 13.8 Å². The lowest BCUT2D eigenvalue weighted by Gasteiger charge is -2.30. The number of methoxy groups -OCH3 is 2. The van der Waals surface area contributed by atoms with Crippen molar-refractivity contribution in [3.63, 3.8) is 0 Å². The Bertz CT molecular complexity index is 1470. The van der Waals surface area contributed by atoms with Crippen molar-refractivity contribution in [1.29, 1.82) is 0 Å². The van der Waals surface area contributed by atoms with Crippen LogP contribution in [0.2, 0.25) is 0 Å². The molecule has 6 nitrogen and oxygen atoms in total. The third-order valence-electron chi connectivity index (χ3n) is 7.13. The lowest BCUT2D eigenvalue weighted by molar-refractivity contribution is 0.240. The van der Waals surface area contributed by atoms with Gasteiger partial charge >= 0.3 is 5.63 Å². The molecule has 0 radical (unpaired) electrons. The highest BCUT2D eigenvalue weighted by molar-refractivity contribution is 5.82. The highest BCUT2D eigenvalue weighted by Crippen LogP contribution is 2.34. The molecule has 36 heavy (non-hydrogen) atoms. The van der Waals surface area contributed by atoms with Crippen molar-refractivity contribution in [3.05, 3.63) is 98.4 Å². The molecular weight excluding hydrogens is 454 g/mol. The number of aryl methyl sites for hydroxylation is 1. The van der Waals surface area contributed by atoms with Crippen molar-refractivity contribution in [2.45, 2.75) is 40.0 Å². The van der Waals surface area contributed by atoms with E-state index in [2.05, 4.69) is 35.2 Å². The maximum atomic E-state index is 12.1. The quantitative estimate of drug-likeness (QED) is 0.319. The Morgan fingerprint density at radius 3 is 2.36 bits per heavy atom. The van der Waals surface area contributed by atoms with E-state index in [0.717, 1.165) is 54.1 Å². The normalized spacial score (nSPS) is 13.4. The van der Waals surface area contributed by atoms with Gasteiger partial charge in [-0.1, -0.05) is 24.3 Å². The zero-order valence-corrected chi connectivity index (χ0v) is 21.2. The van der Waals surface area contributed by atoms with Gasteiger partial charge in [-0.3, -0.25) is 4.90 Å². The molecule has 5 rings (SSSR count). The van der Waals surface area contributed by atoms with Gasteiger partial charge in [0.05, 0.1) is 14.2 Å². The molecule has 2 heterocycles. The summed E-state index contributed by atoms with van der Waals surface area (Å²) in [4.78, 5) is 14.5. The molecule has 6 heteroatoms. The summed E-state index contributed by atoms with van der Waals surface area (Å²) in [7, 11) is 3.35. The zero-order valence-electron chi connectivity index (χ0n) is 21.2. The molecule has 0 saturated heterocycles. The van der Waals surface area contributed by atoms with Crippen molar-refractivity contribution in [2.24, 2.45) is 0 Å². The number of nitrogens with zero attached hydrogens (tertiary/aromatic N) is 1. The number of ether oxygens (including phenoxy) is 3.